The molecule has 0 heterocycles. The second-order valence-electron chi connectivity index (χ2n) is 4.11. The molecule has 0 bridgehead atoms. The molecule has 0 fully saturated rings. The summed E-state index contributed by atoms with van der Waals surface area (Å²) in [6.45, 7) is 7.44. The molecule has 0 aromatic carbocycles. The number of hydrogen-bond donors (Lipinski definition) is 1. The molecule has 3 heteroatoms. The van der Waals surface area contributed by atoms with Crippen LogP contribution in [0.1, 0.15) is 33.6 Å². The van der Waals surface area contributed by atoms with Gasteiger partial charge in [0.05, 0.1) is 0 Å². The zero-order valence-electron chi connectivity index (χ0n) is 9.08. The van der Waals surface area contributed by atoms with Gasteiger partial charge in [-0.1, -0.05) is 13.8 Å². The first-order chi connectivity index (χ1) is 5.93. The summed E-state index contributed by atoms with van der Waals surface area (Å²) in [4.78, 5) is 12.5. The standard InChI is InChI=1S/C10H21NO2/c1-8(2)7-11(4)9(3)5-6-10(12)13/h8-9H,5-7H2,1-4H3,(H,12,13). The second-order valence-corrected chi connectivity index (χ2v) is 4.11. The van der Waals surface area contributed by atoms with Crippen molar-refractivity contribution in [2.75, 3.05) is 13.6 Å². The van der Waals surface area contributed by atoms with Gasteiger partial charge < -0.3 is 10.0 Å². The molecule has 0 rings (SSSR count). The molecule has 0 spiro atoms. The third kappa shape index (κ3) is 6.58. The molecule has 0 saturated carbocycles. The van der Waals surface area contributed by atoms with Crippen LogP contribution in [0.15, 0.2) is 0 Å². The lowest BCUT2D eigenvalue weighted by Gasteiger charge is -2.25. The highest BCUT2D eigenvalue weighted by atomic mass is 16.4. The number of hydrogen-bond acceptors (Lipinski definition) is 2. The molecule has 0 saturated heterocycles. The predicted octanol–water partition coefficient (Wildman–Crippen LogP) is 1.83. The highest BCUT2D eigenvalue weighted by molar-refractivity contribution is 5.66. The Balaban J connectivity index is 3.68. The fourth-order valence-electron chi connectivity index (χ4n) is 1.31. The van der Waals surface area contributed by atoms with Crippen molar-refractivity contribution < 1.29 is 9.90 Å². The molecule has 3 nitrogen and oxygen atoms in total. The summed E-state index contributed by atoms with van der Waals surface area (Å²) in [5.74, 6) is -0.0675. The van der Waals surface area contributed by atoms with Gasteiger partial charge in [-0.2, -0.15) is 0 Å². The molecule has 1 unspecified atom stereocenters. The molecule has 1 atom stereocenters. The minimum atomic E-state index is -0.704. The predicted molar refractivity (Wildman–Crippen MR) is 53.8 cm³/mol. The average Bonchev–Trinajstić information content (AvgIpc) is 1.98. The Morgan fingerprint density at radius 1 is 1.38 bits per heavy atom. The number of nitrogens with zero attached hydrogens (tertiary/aromatic N) is 1. The van der Waals surface area contributed by atoms with E-state index >= 15 is 0 Å². The van der Waals surface area contributed by atoms with Crippen LogP contribution in [-0.4, -0.2) is 35.6 Å². The van der Waals surface area contributed by atoms with Crippen molar-refractivity contribution in [3.8, 4) is 0 Å². The second kappa shape index (κ2) is 5.97. The Labute approximate surface area is 80.7 Å². The third-order valence-electron chi connectivity index (χ3n) is 2.18. The van der Waals surface area contributed by atoms with E-state index in [1.807, 2.05) is 7.05 Å². The Kier molecular flexibility index (Phi) is 5.71. The number of rotatable bonds is 6. The summed E-state index contributed by atoms with van der Waals surface area (Å²) in [6.07, 6.45) is 1.00. The van der Waals surface area contributed by atoms with Gasteiger partial charge in [-0.15, -0.1) is 0 Å². The summed E-state index contributed by atoms with van der Waals surface area (Å²) in [5.41, 5.74) is 0. The van der Waals surface area contributed by atoms with Gasteiger partial charge in [0.1, 0.15) is 0 Å². The van der Waals surface area contributed by atoms with Crippen LogP contribution >= 0.6 is 0 Å². The van der Waals surface area contributed by atoms with Crippen LogP contribution in [0.3, 0.4) is 0 Å². The zero-order chi connectivity index (χ0) is 10.4. The maximum Gasteiger partial charge on any atom is 0.303 e. The normalized spacial score (nSPS) is 13.7. The highest BCUT2D eigenvalue weighted by Crippen LogP contribution is 2.06. The van der Waals surface area contributed by atoms with E-state index in [4.69, 9.17) is 5.11 Å². The summed E-state index contributed by atoms with van der Waals surface area (Å²) >= 11 is 0. The summed E-state index contributed by atoms with van der Waals surface area (Å²) < 4.78 is 0. The molecule has 13 heavy (non-hydrogen) atoms. The Morgan fingerprint density at radius 3 is 2.31 bits per heavy atom. The summed E-state index contributed by atoms with van der Waals surface area (Å²) in [5, 5.41) is 8.51. The molecular weight excluding hydrogens is 166 g/mol. The van der Waals surface area contributed by atoms with Crippen molar-refractivity contribution >= 4 is 5.97 Å². The van der Waals surface area contributed by atoms with Crippen LogP contribution in [0, 0.1) is 5.92 Å². The van der Waals surface area contributed by atoms with Gasteiger partial charge in [-0.25, -0.2) is 0 Å². The van der Waals surface area contributed by atoms with E-state index < -0.39 is 5.97 Å². The SMILES string of the molecule is CC(C)CN(C)C(C)CCC(=O)O. The van der Waals surface area contributed by atoms with Crippen molar-refractivity contribution in [3.63, 3.8) is 0 Å². The van der Waals surface area contributed by atoms with Gasteiger partial charge in [-0.05, 0) is 26.3 Å². The molecule has 0 aromatic rings. The number of carboxylic acid groups (broad SMARTS) is 1. The molecule has 0 aliphatic rings. The highest BCUT2D eigenvalue weighted by Gasteiger charge is 2.11. The summed E-state index contributed by atoms with van der Waals surface area (Å²) in [7, 11) is 2.05. The minimum Gasteiger partial charge on any atom is -0.481 e. The number of carboxylic acids is 1. The fraction of sp³-hybridized carbons (Fsp3) is 0.900. The lowest BCUT2D eigenvalue weighted by Crippen LogP contribution is -2.32. The monoisotopic (exact) mass is 187 g/mol. The first kappa shape index (κ1) is 12.4. The van der Waals surface area contributed by atoms with Crippen molar-refractivity contribution in [1.82, 2.24) is 4.90 Å². The fourth-order valence-corrected chi connectivity index (χ4v) is 1.31. The Bertz CT molecular complexity index is 157. The van der Waals surface area contributed by atoms with Gasteiger partial charge >= 0.3 is 5.97 Å². The molecule has 0 aromatic heterocycles. The van der Waals surface area contributed by atoms with Crippen LogP contribution in [0.4, 0.5) is 0 Å². The van der Waals surface area contributed by atoms with E-state index in [0.29, 0.717) is 12.0 Å². The van der Waals surface area contributed by atoms with Crippen LogP contribution in [0.25, 0.3) is 0 Å². The van der Waals surface area contributed by atoms with E-state index in [-0.39, 0.29) is 6.42 Å². The molecule has 1 N–H and O–H groups in total. The van der Waals surface area contributed by atoms with Crippen LogP contribution in [0.2, 0.25) is 0 Å². The molecule has 0 aliphatic carbocycles. The van der Waals surface area contributed by atoms with E-state index in [9.17, 15) is 4.79 Å². The third-order valence-corrected chi connectivity index (χ3v) is 2.18. The number of carbonyl (C=O) groups is 1. The van der Waals surface area contributed by atoms with Crippen LogP contribution < -0.4 is 0 Å². The van der Waals surface area contributed by atoms with Gasteiger partial charge in [0.15, 0.2) is 0 Å². The largest absolute Gasteiger partial charge is 0.481 e. The van der Waals surface area contributed by atoms with Crippen molar-refractivity contribution in [3.05, 3.63) is 0 Å². The van der Waals surface area contributed by atoms with Gasteiger partial charge in [0, 0.05) is 19.0 Å². The van der Waals surface area contributed by atoms with E-state index in [2.05, 4.69) is 25.7 Å². The Morgan fingerprint density at radius 2 is 1.92 bits per heavy atom. The maximum atomic E-state index is 10.3. The van der Waals surface area contributed by atoms with Crippen molar-refractivity contribution in [2.45, 2.75) is 39.7 Å². The van der Waals surface area contributed by atoms with Gasteiger partial charge in [0.2, 0.25) is 0 Å². The van der Waals surface area contributed by atoms with Gasteiger partial charge in [0.25, 0.3) is 0 Å². The zero-order valence-corrected chi connectivity index (χ0v) is 9.08. The molecule has 78 valence electrons. The summed E-state index contributed by atoms with van der Waals surface area (Å²) in [6, 6.07) is 0.360. The molecule has 0 aliphatic heterocycles. The quantitative estimate of drug-likeness (QED) is 0.689. The van der Waals surface area contributed by atoms with E-state index in [1.165, 1.54) is 0 Å². The van der Waals surface area contributed by atoms with Gasteiger partial charge in [-0.3, -0.25) is 4.79 Å². The lowest BCUT2D eigenvalue weighted by molar-refractivity contribution is -0.137. The van der Waals surface area contributed by atoms with Crippen molar-refractivity contribution in [1.29, 1.82) is 0 Å². The van der Waals surface area contributed by atoms with E-state index in [1.54, 1.807) is 0 Å². The van der Waals surface area contributed by atoms with Crippen molar-refractivity contribution in [2.24, 2.45) is 5.92 Å². The maximum absolute atomic E-state index is 10.3. The number of aliphatic carboxylic acids is 1. The smallest absolute Gasteiger partial charge is 0.303 e. The topological polar surface area (TPSA) is 40.5 Å². The average molecular weight is 187 g/mol. The van der Waals surface area contributed by atoms with Crippen LogP contribution in [0.5, 0.6) is 0 Å². The lowest BCUT2D eigenvalue weighted by atomic mass is 10.1. The minimum absolute atomic E-state index is 0.267. The van der Waals surface area contributed by atoms with E-state index in [0.717, 1.165) is 13.0 Å². The first-order valence-corrected chi connectivity index (χ1v) is 4.85. The van der Waals surface area contributed by atoms with Crippen LogP contribution in [-0.2, 0) is 4.79 Å². The molecular formula is C10H21NO2. The molecule has 0 amide bonds. The molecule has 0 radical (unpaired) electrons. The Hall–Kier alpha value is -0.570. The first-order valence-electron chi connectivity index (χ1n) is 4.85.